The van der Waals surface area contributed by atoms with Crippen LogP contribution in [0.3, 0.4) is 0 Å². The normalized spacial score (nSPS) is 22.4. The van der Waals surface area contributed by atoms with E-state index in [9.17, 15) is 10.2 Å². The van der Waals surface area contributed by atoms with Crippen LogP contribution in [-0.2, 0) is 6.54 Å². The van der Waals surface area contributed by atoms with E-state index < -0.39 is 5.60 Å². The lowest BCUT2D eigenvalue weighted by Crippen LogP contribution is -2.49. The van der Waals surface area contributed by atoms with Gasteiger partial charge in [-0.2, -0.15) is 0 Å². The quantitative estimate of drug-likeness (QED) is 0.881. The van der Waals surface area contributed by atoms with Gasteiger partial charge in [-0.1, -0.05) is 29.5 Å². The number of furan rings is 1. The topological polar surface area (TPSA) is 56.8 Å². The summed E-state index contributed by atoms with van der Waals surface area (Å²) >= 11 is 1.61. The number of piperidine rings is 1. The maximum absolute atomic E-state index is 10.2. The summed E-state index contributed by atoms with van der Waals surface area (Å²) < 4.78 is 5.90. The van der Waals surface area contributed by atoms with Gasteiger partial charge in [-0.05, 0) is 50.6 Å². The Morgan fingerprint density at radius 3 is 2.74 bits per heavy atom. The van der Waals surface area contributed by atoms with Crippen LogP contribution >= 0.6 is 11.8 Å². The summed E-state index contributed by atoms with van der Waals surface area (Å²) in [5, 5.41) is 20.4. The smallest absolute Gasteiger partial charge is 0.165 e. The van der Waals surface area contributed by atoms with Gasteiger partial charge in [0.15, 0.2) is 5.09 Å². The molecule has 0 aliphatic carbocycles. The number of hydrogen-bond acceptors (Lipinski definition) is 5. The Bertz CT molecular complexity index is 640. The predicted octanol–water partition coefficient (Wildman–Crippen LogP) is 3.06. The molecule has 0 spiro atoms. The average Bonchev–Trinajstić information content (AvgIpc) is 2.97. The molecule has 2 heterocycles. The zero-order chi connectivity index (χ0) is 16.3. The Morgan fingerprint density at radius 1 is 1.22 bits per heavy atom. The molecule has 1 atom stereocenters. The number of aliphatic hydroxyl groups excluding tert-OH is 1. The lowest BCUT2D eigenvalue weighted by atomic mass is 9.94. The van der Waals surface area contributed by atoms with Crippen molar-refractivity contribution < 1.29 is 14.6 Å². The minimum Gasteiger partial charge on any atom is -0.453 e. The molecule has 5 heteroatoms. The van der Waals surface area contributed by atoms with Crippen molar-refractivity contribution in [1.29, 1.82) is 0 Å². The molecule has 1 aliphatic rings. The van der Waals surface area contributed by atoms with Crippen molar-refractivity contribution in [3.63, 3.8) is 0 Å². The van der Waals surface area contributed by atoms with Crippen LogP contribution in [0.5, 0.6) is 0 Å². The molecule has 1 saturated heterocycles. The van der Waals surface area contributed by atoms with Crippen molar-refractivity contribution in [1.82, 2.24) is 4.90 Å². The van der Waals surface area contributed by atoms with Gasteiger partial charge in [0.25, 0.3) is 0 Å². The minimum atomic E-state index is -0.968. The van der Waals surface area contributed by atoms with E-state index in [0.29, 0.717) is 19.5 Å². The fraction of sp³-hybridized carbons (Fsp3) is 0.444. The molecule has 23 heavy (non-hydrogen) atoms. The highest BCUT2D eigenvalue weighted by molar-refractivity contribution is 7.99. The average molecular weight is 333 g/mol. The largest absolute Gasteiger partial charge is 0.453 e. The molecular weight excluding hydrogens is 310 g/mol. The Morgan fingerprint density at radius 2 is 2.00 bits per heavy atom. The van der Waals surface area contributed by atoms with Gasteiger partial charge in [-0.3, -0.25) is 4.90 Å². The fourth-order valence-electron chi connectivity index (χ4n) is 2.91. The second kappa shape index (κ2) is 7.09. The van der Waals surface area contributed by atoms with Crippen LogP contribution in [0.2, 0.25) is 0 Å². The number of likely N-dealkylation sites (tertiary alicyclic amines) is 1. The number of aliphatic hydroxyl groups is 2. The monoisotopic (exact) mass is 333 g/mol. The van der Waals surface area contributed by atoms with E-state index in [1.165, 1.54) is 5.56 Å². The molecule has 3 rings (SSSR count). The molecule has 2 aromatic rings. The molecule has 0 bridgehead atoms. The lowest BCUT2D eigenvalue weighted by Gasteiger charge is -2.37. The van der Waals surface area contributed by atoms with Gasteiger partial charge in [0, 0.05) is 11.4 Å². The van der Waals surface area contributed by atoms with Gasteiger partial charge in [-0.25, -0.2) is 0 Å². The SMILES string of the molecule is Cc1ccc(Sc2ccc(CN3CCC[C@@](O)(CO)C3)o2)cc1. The molecule has 0 radical (unpaired) electrons. The molecule has 0 unspecified atom stereocenters. The summed E-state index contributed by atoms with van der Waals surface area (Å²) in [6.07, 6.45) is 1.55. The van der Waals surface area contributed by atoms with Crippen molar-refractivity contribution in [3.05, 3.63) is 47.7 Å². The molecule has 2 N–H and O–H groups in total. The first-order valence-corrected chi connectivity index (χ1v) is 8.77. The Balaban J connectivity index is 1.60. The summed E-state index contributed by atoms with van der Waals surface area (Å²) in [4.78, 5) is 3.29. The van der Waals surface area contributed by atoms with E-state index in [4.69, 9.17) is 4.42 Å². The first-order chi connectivity index (χ1) is 11.1. The third kappa shape index (κ3) is 4.38. The van der Waals surface area contributed by atoms with Crippen molar-refractivity contribution in [2.75, 3.05) is 19.7 Å². The van der Waals surface area contributed by atoms with E-state index in [0.717, 1.165) is 28.7 Å². The van der Waals surface area contributed by atoms with E-state index in [-0.39, 0.29) is 6.61 Å². The summed E-state index contributed by atoms with van der Waals surface area (Å²) in [7, 11) is 0. The summed E-state index contributed by atoms with van der Waals surface area (Å²) in [6, 6.07) is 12.3. The Kier molecular flexibility index (Phi) is 5.11. The van der Waals surface area contributed by atoms with Crippen molar-refractivity contribution in [2.45, 2.75) is 41.9 Å². The lowest BCUT2D eigenvalue weighted by molar-refractivity contribution is -0.0698. The molecule has 124 valence electrons. The van der Waals surface area contributed by atoms with Crippen LogP contribution in [0.15, 0.2) is 50.8 Å². The van der Waals surface area contributed by atoms with E-state index in [2.05, 4.69) is 36.1 Å². The minimum absolute atomic E-state index is 0.184. The van der Waals surface area contributed by atoms with Gasteiger partial charge in [0.05, 0.1) is 13.2 Å². The second-order valence-electron chi connectivity index (χ2n) is 6.33. The molecular formula is C18H23NO3S. The van der Waals surface area contributed by atoms with E-state index >= 15 is 0 Å². The van der Waals surface area contributed by atoms with Crippen LogP contribution < -0.4 is 0 Å². The van der Waals surface area contributed by atoms with Crippen molar-refractivity contribution in [3.8, 4) is 0 Å². The highest BCUT2D eigenvalue weighted by Crippen LogP contribution is 2.30. The second-order valence-corrected chi connectivity index (χ2v) is 7.41. The fourth-order valence-corrected chi connectivity index (χ4v) is 3.70. The first kappa shape index (κ1) is 16.6. The van der Waals surface area contributed by atoms with Crippen molar-refractivity contribution >= 4 is 11.8 Å². The zero-order valence-corrected chi connectivity index (χ0v) is 14.2. The van der Waals surface area contributed by atoms with Crippen LogP contribution in [0.4, 0.5) is 0 Å². The number of β-amino-alcohol motifs (C(OH)–C–C–N with tert-alkyl or cyclic N) is 1. The van der Waals surface area contributed by atoms with Gasteiger partial charge >= 0.3 is 0 Å². The number of nitrogens with zero attached hydrogens (tertiary/aromatic N) is 1. The summed E-state index contributed by atoms with van der Waals surface area (Å²) in [6.45, 7) is 3.96. The number of rotatable bonds is 5. The molecule has 0 saturated carbocycles. The predicted molar refractivity (Wildman–Crippen MR) is 90.6 cm³/mol. The molecule has 1 aromatic carbocycles. The highest BCUT2D eigenvalue weighted by atomic mass is 32.2. The van der Waals surface area contributed by atoms with Crippen LogP contribution in [0.1, 0.15) is 24.2 Å². The van der Waals surface area contributed by atoms with Gasteiger partial charge in [0.2, 0.25) is 0 Å². The summed E-state index contributed by atoms with van der Waals surface area (Å²) in [5.41, 5.74) is 0.278. The zero-order valence-electron chi connectivity index (χ0n) is 13.4. The number of aryl methyl sites for hydroxylation is 1. The molecule has 1 aromatic heterocycles. The Hall–Kier alpha value is -1.27. The molecule has 1 aliphatic heterocycles. The standard InChI is InChI=1S/C18H23NO3S/c1-14-3-6-16(7-4-14)23-17-8-5-15(22-17)11-19-10-2-9-18(21,12-19)13-20/h3-8,20-21H,2,9-13H2,1H3/t18-/m0/s1. The number of benzene rings is 1. The Labute approximate surface area is 141 Å². The van der Waals surface area contributed by atoms with Crippen LogP contribution in [0, 0.1) is 6.92 Å². The maximum atomic E-state index is 10.2. The van der Waals surface area contributed by atoms with Crippen LogP contribution in [0.25, 0.3) is 0 Å². The third-order valence-electron chi connectivity index (χ3n) is 4.18. The van der Waals surface area contributed by atoms with E-state index in [1.54, 1.807) is 11.8 Å². The maximum Gasteiger partial charge on any atom is 0.165 e. The van der Waals surface area contributed by atoms with Crippen molar-refractivity contribution in [2.24, 2.45) is 0 Å². The third-order valence-corrected chi connectivity index (χ3v) is 5.11. The molecule has 1 fully saturated rings. The van der Waals surface area contributed by atoms with Gasteiger partial charge < -0.3 is 14.6 Å². The summed E-state index contributed by atoms with van der Waals surface area (Å²) in [5.74, 6) is 0.891. The number of hydrogen-bond donors (Lipinski definition) is 2. The first-order valence-electron chi connectivity index (χ1n) is 7.95. The molecule has 4 nitrogen and oxygen atoms in total. The molecule has 0 amide bonds. The van der Waals surface area contributed by atoms with E-state index in [1.807, 2.05) is 12.1 Å². The van der Waals surface area contributed by atoms with Gasteiger partial charge in [-0.15, -0.1) is 0 Å². The highest BCUT2D eigenvalue weighted by Gasteiger charge is 2.32. The van der Waals surface area contributed by atoms with Crippen LogP contribution in [-0.4, -0.2) is 40.4 Å². The van der Waals surface area contributed by atoms with Gasteiger partial charge in [0.1, 0.15) is 11.4 Å².